The van der Waals surface area contributed by atoms with Crippen LogP contribution in [0.4, 0.5) is 4.39 Å². The number of hydrogen-bond donors (Lipinski definition) is 0. The summed E-state index contributed by atoms with van der Waals surface area (Å²) in [6.07, 6.45) is 0.437. The van der Waals surface area contributed by atoms with E-state index in [-0.39, 0.29) is 36.8 Å². The first-order chi connectivity index (χ1) is 8.76. The Morgan fingerprint density at radius 3 is 2.21 bits per heavy atom. The Labute approximate surface area is 112 Å². The summed E-state index contributed by atoms with van der Waals surface area (Å²) in [7, 11) is 0. The van der Waals surface area contributed by atoms with Crippen molar-refractivity contribution in [3.05, 3.63) is 35.6 Å². The highest BCUT2D eigenvalue weighted by Gasteiger charge is 2.17. The summed E-state index contributed by atoms with van der Waals surface area (Å²) in [6, 6.07) is 5.77. The first-order valence-corrected chi connectivity index (χ1v) is 6.24. The van der Waals surface area contributed by atoms with Gasteiger partial charge in [-0.15, -0.1) is 0 Å². The summed E-state index contributed by atoms with van der Waals surface area (Å²) in [4.78, 5) is 23.1. The number of benzene rings is 1. The summed E-state index contributed by atoms with van der Waals surface area (Å²) in [5.74, 6) is -0.762. The van der Waals surface area contributed by atoms with Gasteiger partial charge in [-0.1, -0.05) is 12.1 Å². The van der Waals surface area contributed by atoms with Crippen molar-refractivity contribution in [2.24, 2.45) is 0 Å². The molecule has 0 aromatic heterocycles. The third-order valence-corrected chi connectivity index (χ3v) is 2.34. The van der Waals surface area contributed by atoms with Gasteiger partial charge in [0.1, 0.15) is 17.2 Å². The summed E-state index contributed by atoms with van der Waals surface area (Å²) in [5.41, 5.74) is 0.215. The Bertz CT molecular complexity index is 443. The minimum atomic E-state index is -0.531. The van der Waals surface area contributed by atoms with Crippen molar-refractivity contribution >= 4 is 11.8 Å². The maximum Gasteiger partial charge on any atom is 0.306 e. The number of rotatable bonds is 5. The molecule has 1 aromatic rings. The van der Waals surface area contributed by atoms with Crippen molar-refractivity contribution < 1.29 is 18.7 Å². The average Bonchev–Trinajstić information content (AvgIpc) is 2.27. The van der Waals surface area contributed by atoms with Gasteiger partial charge in [-0.3, -0.25) is 9.59 Å². The molecule has 0 amide bonds. The van der Waals surface area contributed by atoms with Crippen LogP contribution in [0, 0.1) is 5.82 Å². The number of ketones is 1. The third kappa shape index (κ3) is 6.70. The molecule has 1 rings (SSSR count). The maximum atomic E-state index is 12.7. The third-order valence-electron chi connectivity index (χ3n) is 2.34. The van der Waals surface area contributed by atoms with Crippen LogP contribution in [0.15, 0.2) is 24.3 Å². The van der Waals surface area contributed by atoms with Gasteiger partial charge in [0, 0.05) is 12.8 Å². The van der Waals surface area contributed by atoms with Crippen molar-refractivity contribution in [2.75, 3.05) is 0 Å². The van der Waals surface area contributed by atoms with E-state index in [4.69, 9.17) is 4.74 Å². The molecule has 0 heterocycles. The highest BCUT2D eigenvalue weighted by atomic mass is 19.1. The van der Waals surface area contributed by atoms with Crippen LogP contribution in [0.1, 0.15) is 39.2 Å². The molecule has 0 N–H and O–H groups in total. The molecule has 19 heavy (non-hydrogen) atoms. The molecule has 0 radical (unpaired) electrons. The largest absolute Gasteiger partial charge is 0.460 e. The molecule has 0 aliphatic carbocycles. The van der Waals surface area contributed by atoms with Crippen LogP contribution in [0.2, 0.25) is 0 Å². The van der Waals surface area contributed by atoms with Crippen molar-refractivity contribution in [3.63, 3.8) is 0 Å². The van der Waals surface area contributed by atoms with Gasteiger partial charge in [0.2, 0.25) is 0 Å². The number of carbonyl (C=O) groups is 2. The highest BCUT2D eigenvalue weighted by Crippen LogP contribution is 2.10. The van der Waals surface area contributed by atoms with E-state index in [0.717, 1.165) is 5.56 Å². The molecule has 3 nitrogen and oxygen atoms in total. The number of Topliss-reactive ketones (excluding diaryl/α,β-unsaturated/α-hetero) is 1. The monoisotopic (exact) mass is 266 g/mol. The normalized spacial score (nSPS) is 11.2. The fourth-order valence-electron chi connectivity index (χ4n) is 1.55. The molecule has 1 aromatic carbocycles. The SMILES string of the molecule is CC(C)(C)OC(=O)CCC(=O)Cc1ccc(F)cc1. The predicted molar refractivity (Wildman–Crippen MR) is 70.2 cm³/mol. The van der Waals surface area contributed by atoms with Gasteiger partial charge in [-0.05, 0) is 38.5 Å². The van der Waals surface area contributed by atoms with E-state index in [9.17, 15) is 14.0 Å². The Hall–Kier alpha value is -1.71. The zero-order valence-corrected chi connectivity index (χ0v) is 11.5. The molecule has 4 heteroatoms. The molecule has 0 bridgehead atoms. The van der Waals surface area contributed by atoms with Crippen molar-refractivity contribution in [1.29, 1.82) is 0 Å². The molecule has 0 atom stereocenters. The number of halogens is 1. The zero-order chi connectivity index (χ0) is 14.5. The van der Waals surface area contributed by atoms with Crippen LogP contribution < -0.4 is 0 Å². The molecule has 0 unspecified atom stereocenters. The molecule has 0 aliphatic heterocycles. The van der Waals surface area contributed by atoms with Crippen LogP contribution in [0.5, 0.6) is 0 Å². The predicted octanol–water partition coefficient (Wildman–Crippen LogP) is 3.06. The lowest BCUT2D eigenvalue weighted by Crippen LogP contribution is -2.24. The maximum absolute atomic E-state index is 12.7. The fraction of sp³-hybridized carbons (Fsp3) is 0.467. The quantitative estimate of drug-likeness (QED) is 0.769. The van der Waals surface area contributed by atoms with Crippen molar-refractivity contribution in [1.82, 2.24) is 0 Å². The summed E-state index contributed by atoms with van der Waals surface area (Å²) in [5, 5.41) is 0. The second-order valence-electron chi connectivity index (χ2n) is 5.43. The summed E-state index contributed by atoms with van der Waals surface area (Å²) >= 11 is 0. The summed E-state index contributed by atoms with van der Waals surface area (Å²) in [6.45, 7) is 5.35. The number of esters is 1. The molecule has 0 aliphatic rings. The Morgan fingerprint density at radius 1 is 1.11 bits per heavy atom. The number of ether oxygens (including phenoxy) is 1. The van der Waals surface area contributed by atoms with Crippen molar-refractivity contribution in [2.45, 2.75) is 45.6 Å². The van der Waals surface area contributed by atoms with E-state index in [1.54, 1.807) is 32.9 Å². The summed E-state index contributed by atoms with van der Waals surface area (Å²) < 4.78 is 17.8. The van der Waals surface area contributed by atoms with Gasteiger partial charge in [0.05, 0.1) is 6.42 Å². The standard InChI is InChI=1S/C15H19FO3/c1-15(2,3)19-14(18)9-8-13(17)10-11-4-6-12(16)7-5-11/h4-7H,8-10H2,1-3H3. The van der Waals surface area contributed by atoms with Gasteiger partial charge in [0.15, 0.2) is 0 Å². The van der Waals surface area contributed by atoms with Crippen LogP contribution in [-0.4, -0.2) is 17.4 Å². The Balaban J connectivity index is 2.36. The molecule has 0 spiro atoms. The first-order valence-electron chi connectivity index (χ1n) is 6.24. The van der Waals surface area contributed by atoms with Gasteiger partial charge in [-0.2, -0.15) is 0 Å². The topological polar surface area (TPSA) is 43.4 Å². The van der Waals surface area contributed by atoms with Gasteiger partial charge >= 0.3 is 5.97 Å². The zero-order valence-electron chi connectivity index (χ0n) is 11.5. The first kappa shape index (κ1) is 15.3. The smallest absolute Gasteiger partial charge is 0.306 e. The highest BCUT2D eigenvalue weighted by molar-refractivity contribution is 5.84. The Kier molecular flexibility index (Phi) is 5.21. The van der Waals surface area contributed by atoms with Crippen molar-refractivity contribution in [3.8, 4) is 0 Å². The molecule has 104 valence electrons. The fourth-order valence-corrected chi connectivity index (χ4v) is 1.55. The van der Waals surface area contributed by atoms with E-state index in [1.165, 1.54) is 12.1 Å². The van der Waals surface area contributed by atoms with E-state index in [1.807, 2.05) is 0 Å². The second-order valence-corrected chi connectivity index (χ2v) is 5.43. The second kappa shape index (κ2) is 6.45. The molecule has 0 saturated carbocycles. The lowest BCUT2D eigenvalue weighted by atomic mass is 10.1. The molecular formula is C15H19FO3. The van der Waals surface area contributed by atoms with Crippen LogP contribution in [-0.2, 0) is 20.7 Å². The van der Waals surface area contributed by atoms with E-state index >= 15 is 0 Å². The van der Waals surface area contributed by atoms with E-state index < -0.39 is 5.60 Å². The van der Waals surface area contributed by atoms with E-state index in [2.05, 4.69) is 0 Å². The van der Waals surface area contributed by atoms with Gasteiger partial charge < -0.3 is 4.74 Å². The van der Waals surface area contributed by atoms with Crippen LogP contribution in [0.25, 0.3) is 0 Å². The van der Waals surface area contributed by atoms with Gasteiger partial charge in [0.25, 0.3) is 0 Å². The minimum absolute atomic E-state index is 0.0579. The van der Waals surface area contributed by atoms with Gasteiger partial charge in [-0.25, -0.2) is 4.39 Å². The van der Waals surface area contributed by atoms with Crippen LogP contribution in [0.3, 0.4) is 0 Å². The van der Waals surface area contributed by atoms with E-state index in [0.29, 0.717) is 0 Å². The number of hydrogen-bond acceptors (Lipinski definition) is 3. The minimum Gasteiger partial charge on any atom is -0.460 e. The van der Waals surface area contributed by atoms with Crippen LogP contribution >= 0.6 is 0 Å². The molecule has 0 fully saturated rings. The molecular weight excluding hydrogens is 247 g/mol. The number of carbonyl (C=O) groups excluding carboxylic acids is 2. The average molecular weight is 266 g/mol. The lowest BCUT2D eigenvalue weighted by molar-refractivity contribution is -0.155. The Morgan fingerprint density at radius 2 is 1.68 bits per heavy atom. The lowest BCUT2D eigenvalue weighted by Gasteiger charge is -2.19. The molecule has 0 saturated heterocycles.